The molecule has 4 N–H and O–H groups in total. The first-order valence-electron chi connectivity index (χ1n) is 4.96. The average molecular weight is 259 g/mol. The summed E-state index contributed by atoms with van der Waals surface area (Å²) in [6, 6.07) is 5.41. The molecule has 0 saturated heterocycles. The van der Waals surface area contributed by atoms with Gasteiger partial charge in [0.15, 0.2) is 0 Å². The minimum absolute atomic E-state index is 0.0291. The molecule has 5 heteroatoms. The molecular weight excluding hydrogens is 244 g/mol. The first-order chi connectivity index (χ1) is 7.65. The van der Waals surface area contributed by atoms with E-state index >= 15 is 0 Å². The van der Waals surface area contributed by atoms with E-state index in [9.17, 15) is 0 Å². The molecule has 0 bridgehead atoms. The highest BCUT2D eigenvalue weighted by molar-refractivity contribution is 7.98. The van der Waals surface area contributed by atoms with Gasteiger partial charge in [-0.25, -0.2) is 0 Å². The number of benzene rings is 1. The van der Waals surface area contributed by atoms with Crippen LogP contribution in [0.1, 0.15) is 17.5 Å². The molecule has 16 heavy (non-hydrogen) atoms. The van der Waals surface area contributed by atoms with Gasteiger partial charge in [0.2, 0.25) is 0 Å². The molecular formula is C11H15ClN2OS. The molecule has 0 atom stereocenters. The van der Waals surface area contributed by atoms with Gasteiger partial charge < -0.3 is 10.8 Å². The molecule has 3 nitrogen and oxygen atoms in total. The molecule has 0 saturated carbocycles. The first-order valence-corrected chi connectivity index (χ1v) is 6.50. The maximum absolute atomic E-state index is 8.64. The van der Waals surface area contributed by atoms with Gasteiger partial charge in [0.05, 0.1) is 0 Å². The molecule has 1 aromatic rings. The zero-order valence-corrected chi connectivity index (χ0v) is 10.4. The number of rotatable bonds is 6. The fourth-order valence-corrected chi connectivity index (χ4v) is 2.46. The van der Waals surface area contributed by atoms with Crippen LogP contribution in [-0.2, 0) is 5.75 Å². The van der Waals surface area contributed by atoms with Crippen molar-refractivity contribution in [1.82, 2.24) is 0 Å². The van der Waals surface area contributed by atoms with E-state index in [1.807, 2.05) is 6.07 Å². The van der Waals surface area contributed by atoms with Crippen molar-refractivity contribution in [2.75, 3.05) is 12.4 Å². The van der Waals surface area contributed by atoms with Crippen molar-refractivity contribution in [2.24, 2.45) is 5.73 Å². The summed E-state index contributed by atoms with van der Waals surface area (Å²) in [4.78, 5) is 0. The lowest BCUT2D eigenvalue weighted by atomic mass is 10.1. The summed E-state index contributed by atoms with van der Waals surface area (Å²) in [5.74, 6) is 1.76. The highest BCUT2D eigenvalue weighted by Crippen LogP contribution is 2.22. The van der Waals surface area contributed by atoms with E-state index in [1.54, 1.807) is 23.9 Å². The maximum atomic E-state index is 8.64. The Morgan fingerprint density at radius 1 is 1.50 bits per heavy atom. The largest absolute Gasteiger partial charge is 0.396 e. The highest BCUT2D eigenvalue weighted by atomic mass is 35.5. The molecule has 0 radical (unpaired) electrons. The Balaban J connectivity index is 2.57. The summed E-state index contributed by atoms with van der Waals surface area (Å²) in [5, 5.41) is 16.6. The third-order valence-corrected chi connectivity index (χ3v) is 3.51. The van der Waals surface area contributed by atoms with Gasteiger partial charge in [-0.2, -0.15) is 11.8 Å². The Bertz CT molecular complexity index is 371. The maximum Gasteiger partial charge on any atom is 0.122 e. The number of hydrogen-bond acceptors (Lipinski definition) is 3. The smallest absolute Gasteiger partial charge is 0.122 e. The Labute approximate surface area is 105 Å². The molecule has 0 unspecified atom stereocenters. The summed E-state index contributed by atoms with van der Waals surface area (Å²) in [7, 11) is 0. The molecule has 0 aromatic heterocycles. The molecule has 0 aliphatic rings. The predicted octanol–water partition coefficient (Wildman–Crippen LogP) is 2.24. The summed E-state index contributed by atoms with van der Waals surface area (Å²) in [6.07, 6.45) is 0.799. The van der Waals surface area contributed by atoms with Gasteiger partial charge >= 0.3 is 0 Å². The van der Waals surface area contributed by atoms with Crippen molar-refractivity contribution in [3.05, 3.63) is 34.3 Å². The van der Waals surface area contributed by atoms with Gasteiger partial charge in [0.25, 0.3) is 0 Å². The topological polar surface area (TPSA) is 70.1 Å². The molecule has 0 aliphatic carbocycles. The lowest BCUT2D eigenvalue weighted by Gasteiger charge is -2.06. The number of nitrogen functional groups attached to an aromatic ring is 1. The zero-order chi connectivity index (χ0) is 12.0. The summed E-state index contributed by atoms with van der Waals surface area (Å²) < 4.78 is 0. The van der Waals surface area contributed by atoms with Crippen LogP contribution in [0, 0.1) is 5.41 Å². The number of aliphatic hydroxyl groups excluding tert-OH is 1. The second kappa shape index (κ2) is 6.78. The fraction of sp³-hybridized carbons (Fsp3) is 0.364. The van der Waals surface area contributed by atoms with Gasteiger partial charge in [-0.1, -0.05) is 23.7 Å². The van der Waals surface area contributed by atoms with Crippen LogP contribution in [0.2, 0.25) is 5.02 Å². The lowest BCUT2D eigenvalue weighted by molar-refractivity contribution is 0.296. The number of thioether (sulfide) groups is 1. The monoisotopic (exact) mass is 258 g/mol. The second-order valence-corrected chi connectivity index (χ2v) is 4.86. The minimum Gasteiger partial charge on any atom is -0.396 e. The van der Waals surface area contributed by atoms with Crippen LogP contribution < -0.4 is 5.73 Å². The van der Waals surface area contributed by atoms with E-state index in [1.165, 1.54) is 0 Å². The standard InChI is InChI=1S/C11H15ClN2OS/c12-10-6-8(11(13)14)2-3-9(10)7-16-5-1-4-15/h2-3,6,15H,1,4-5,7H2,(H3,13,14). The molecule has 88 valence electrons. The van der Waals surface area contributed by atoms with Gasteiger partial charge in [0.1, 0.15) is 5.84 Å². The summed E-state index contributed by atoms with van der Waals surface area (Å²) in [5.41, 5.74) is 7.05. The van der Waals surface area contributed by atoms with E-state index in [0.29, 0.717) is 10.6 Å². The van der Waals surface area contributed by atoms with Crippen molar-refractivity contribution in [1.29, 1.82) is 5.41 Å². The molecule has 0 aliphatic heterocycles. The quantitative estimate of drug-likeness (QED) is 0.416. The molecule has 0 amide bonds. The Hall–Kier alpha value is -0.710. The van der Waals surface area contributed by atoms with Crippen LogP contribution >= 0.6 is 23.4 Å². The Kier molecular flexibility index (Phi) is 5.66. The van der Waals surface area contributed by atoms with Gasteiger partial charge in [-0.3, -0.25) is 5.41 Å². The number of nitrogens with one attached hydrogen (secondary N) is 1. The second-order valence-electron chi connectivity index (χ2n) is 3.35. The number of hydrogen-bond donors (Lipinski definition) is 3. The first kappa shape index (κ1) is 13.4. The average Bonchev–Trinajstić information content (AvgIpc) is 2.26. The van der Waals surface area contributed by atoms with Crippen LogP contribution in [-0.4, -0.2) is 23.3 Å². The SMILES string of the molecule is N=C(N)c1ccc(CSCCCO)c(Cl)c1. The molecule has 0 spiro atoms. The van der Waals surface area contributed by atoms with E-state index in [4.69, 9.17) is 27.9 Å². The number of halogens is 1. The third-order valence-electron chi connectivity index (χ3n) is 2.07. The Morgan fingerprint density at radius 2 is 2.25 bits per heavy atom. The van der Waals surface area contributed by atoms with Crippen LogP contribution in [0.4, 0.5) is 0 Å². The van der Waals surface area contributed by atoms with Gasteiger partial charge in [0, 0.05) is 22.9 Å². The van der Waals surface area contributed by atoms with E-state index in [-0.39, 0.29) is 12.4 Å². The molecule has 0 heterocycles. The van der Waals surface area contributed by atoms with Crippen molar-refractivity contribution in [2.45, 2.75) is 12.2 Å². The van der Waals surface area contributed by atoms with E-state index in [2.05, 4.69) is 0 Å². The van der Waals surface area contributed by atoms with Crippen molar-refractivity contribution in [3.8, 4) is 0 Å². The zero-order valence-electron chi connectivity index (χ0n) is 8.87. The van der Waals surface area contributed by atoms with Gasteiger partial charge in [-0.05, 0) is 23.8 Å². The highest BCUT2D eigenvalue weighted by Gasteiger charge is 2.03. The minimum atomic E-state index is 0.0291. The number of amidine groups is 1. The summed E-state index contributed by atoms with van der Waals surface area (Å²) >= 11 is 7.80. The lowest BCUT2D eigenvalue weighted by Crippen LogP contribution is -2.10. The molecule has 1 rings (SSSR count). The van der Waals surface area contributed by atoms with Crippen molar-refractivity contribution >= 4 is 29.2 Å². The molecule has 0 fully saturated rings. The van der Waals surface area contributed by atoms with Crippen LogP contribution in [0.25, 0.3) is 0 Å². The van der Waals surface area contributed by atoms with Crippen LogP contribution in [0.5, 0.6) is 0 Å². The summed E-state index contributed by atoms with van der Waals surface area (Å²) in [6.45, 7) is 0.226. The van der Waals surface area contributed by atoms with Crippen LogP contribution in [0.15, 0.2) is 18.2 Å². The van der Waals surface area contributed by atoms with Crippen molar-refractivity contribution < 1.29 is 5.11 Å². The van der Waals surface area contributed by atoms with E-state index < -0.39 is 0 Å². The van der Waals surface area contributed by atoms with E-state index in [0.717, 1.165) is 23.5 Å². The Morgan fingerprint density at radius 3 is 2.81 bits per heavy atom. The predicted molar refractivity (Wildman–Crippen MR) is 70.3 cm³/mol. The number of aliphatic hydroxyl groups is 1. The molecule has 1 aromatic carbocycles. The third kappa shape index (κ3) is 4.04. The number of nitrogens with two attached hydrogens (primary N) is 1. The normalized spacial score (nSPS) is 10.4. The fourth-order valence-electron chi connectivity index (χ4n) is 1.18. The van der Waals surface area contributed by atoms with Crippen LogP contribution in [0.3, 0.4) is 0 Å². The van der Waals surface area contributed by atoms with Gasteiger partial charge in [-0.15, -0.1) is 0 Å². The van der Waals surface area contributed by atoms with Crippen molar-refractivity contribution in [3.63, 3.8) is 0 Å².